The number of phosphoric ester groups is 2. The van der Waals surface area contributed by atoms with Crippen LogP contribution in [0.1, 0.15) is 420 Å². The molecule has 3 N–H and O–H groups in total. The van der Waals surface area contributed by atoms with Crippen molar-refractivity contribution in [3.8, 4) is 0 Å². The van der Waals surface area contributed by atoms with Gasteiger partial charge in [-0.15, -0.1) is 0 Å². The molecule has 0 saturated carbocycles. The number of hydrogen-bond acceptors (Lipinski definition) is 15. The summed E-state index contributed by atoms with van der Waals surface area (Å²) in [5.41, 5.74) is 0. The fourth-order valence-corrected chi connectivity index (χ4v) is 13.8. The maximum absolute atomic E-state index is 13.1. The molecular weight excluding hydrogens is 1280 g/mol. The molecule has 17 nitrogen and oxygen atoms in total. The number of ether oxygens (including phenoxy) is 4. The van der Waals surface area contributed by atoms with Gasteiger partial charge in [0.1, 0.15) is 19.3 Å². The molecule has 0 aromatic rings. The van der Waals surface area contributed by atoms with Gasteiger partial charge in [0.05, 0.1) is 26.4 Å². The van der Waals surface area contributed by atoms with E-state index in [1.54, 1.807) is 0 Å². The largest absolute Gasteiger partial charge is 0.472 e. The normalized spacial score (nSPS) is 13.9. The number of rotatable bonds is 79. The van der Waals surface area contributed by atoms with Crippen molar-refractivity contribution < 1.29 is 80.2 Å². The summed E-state index contributed by atoms with van der Waals surface area (Å²) >= 11 is 0. The first kappa shape index (κ1) is 96.1. The first-order chi connectivity index (χ1) is 47.5. The lowest BCUT2D eigenvalue weighted by molar-refractivity contribution is -0.161. The number of esters is 4. The third-order valence-corrected chi connectivity index (χ3v) is 20.4. The molecule has 0 spiro atoms. The molecule has 0 saturated heterocycles. The molecule has 0 aliphatic heterocycles. The van der Waals surface area contributed by atoms with E-state index in [0.29, 0.717) is 31.6 Å². The Morgan fingerprint density at radius 3 is 0.694 bits per heavy atom. The van der Waals surface area contributed by atoms with Gasteiger partial charge in [0.25, 0.3) is 0 Å². The molecule has 0 bridgehead atoms. The Bertz CT molecular complexity index is 1870. The molecular formula is C79H154O17P2. The minimum absolute atomic E-state index is 0.107. The number of carbonyl (C=O) groups excluding carboxylic acids is 4. The average Bonchev–Trinajstić information content (AvgIpc) is 1.92. The fourth-order valence-electron chi connectivity index (χ4n) is 12.2. The maximum Gasteiger partial charge on any atom is 0.472 e. The maximum atomic E-state index is 13.1. The zero-order chi connectivity index (χ0) is 71.9. The van der Waals surface area contributed by atoms with Crippen LogP contribution in [-0.4, -0.2) is 96.7 Å². The summed E-state index contributed by atoms with van der Waals surface area (Å²) in [5.74, 6) is -1.41. The van der Waals surface area contributed by atoms with Crippen molar-refractivity contribution in [3.63, 3.8) is 0 Å². The third-order valence-electron chi connectivity index (χ3n) is 18.5. The lowest BCUT2D eigenvalue weighted by Crippen LogP contribution is -2.30. The number of phosphoric acid groups is 2. The lowest BCUT2D eigenvalue weighted by Gasteiger charge is -2.21. The highest BCUT2D eigenvalue weighted by molar-refractivity contribution is 7.47. The molecule has 0 amide bonds. The highest BCUT2D eigenvalue weighted by Crippen LogP contribution is 2.45. The fraction of sp³-hybridized carbons (Fsp3) is 0.949. The van der Waals surface area contributed by atoms with Crippen LogP contribution in [0, 0.1) is 5.92 Å². The zero-order valence-corrected chi connectivity index (χ0v) is 65.7. The van der Waals surface area contributed by atoms with Gasteiger partial charge in [-0.1, -0.05) is 369 Å². The molecule has 0 rings (SSSR count). The Kier molecular flexibility index (Phi) is 70.6. The standard InChI is InChI=1S/C79H154O17P2/c1-6-9-12-15-18-21-24-27-29-30-31-32-33-34-35-36-38-41-44-49-55-60-65-79(84)95-74(68-89-76(81)62-57-52-47-42-40-37-28-25-22-19-16-13-10-7-2)70-93-97(85,86)91-66-73(80)67-92-98(87,88)94-71-75(69-90-77(82)63-58-53-50-45-46-51-56-61-72(4)5)96-78(83)64-59-54-48-43-39-26-23-20-17-14-11-8-3/h72-75,80H,6-71H2,1-5H3,(H,85,86)(H,87,88)/t73-,74-,75-/m1/s1. The van der Waals surface area contributed by atoms with E-state index in [0.717, 1.165) is 96.3 Å². The Morgan fingerprint density at radius 1 is 0.276 bits per heavy atom. The first-order valence-corrected chi connectivity index (χ1v) is 44.1. The molecule has 0 radical (unpaired) electrons. The van der Waals surface area contributed by atoms with E-state index >= 15 is 0 Å². The van der Waals surface area contributed by atoms with Crippen LogP contribution in [0.15, 0.2) is 0 Å². The first-order valence-electron chi connectivity index (χ1n) is 41.1. The van der Waals surface area contributed by atoms with Crippen LogP contribution in [0.25, 0.3) is 0 Å². The highest BCUT2D eigenvalue weighted by Gasteiger charge is 2.30. The van der Waals surface area contributed by atoms with Crippen LogP contribution < -0.4 is 0 Å². The van der Waals surface area contributed by atoms with Crippen LogP contribution in [0.3, 0.4) is 0 Å². The minimum Gasteiger partial charge on any atom is -0.462 e. The quantitative estimate of drug-likeness (QED) is 0.0222. The molecule has 0 aliphatic rings. The molecule has 0 fully saturated rings. The van der Waals surface area contributed by atoms with Gasteiger partial charge in [0.15, 0.2) is 12.2 Å². The van der Waals surface area contributed by atoms with Gasteiger partial charge >= 0.3 is 39.5 Å². The van der Waals surface area contributed by atoms with Gasteiger partial charge in [-0.2, -0.15) is 0 Å². The minimum atomic E-state index is -4.96. The number of hydrogen-bond donors (Lipinski definition) is 3. The second kappa shape index (κ2) is 72.0. The summed E-state index contributed by atoms with van der Waals surface area (Å²) in [6, 6.07) is 0. The van der Waals surface area contributed by atoms with Gasteiger partial charge in [0.2, 0.25) is 0 Å². The van der Waals surface area contributed by atoms with E-state index in [1.807, 2.05) is 0 Å². The molecule has 0 aliphatic carbocycles. The zero-order valence-electron chi connectivity index (χ0n) is 63.9. The van der Waals surface area contributed by atoms with E-state index in [4.69, 9.17) is 37.0 Å². The Labute approximate surface area is 600 Å². The average molecular weight is 1440 g/mol. The lowest BCUT2D eigenvalue weighted by atomic mass is 10.0. The van der Waals surface area contributed by atoms with Crippen molar-refractivity contribution in [2.24, 2.45) is 5.92 Å². The van der Waals surface area contributed by atoms with Crippen molar-refractivity contribution >= 4 is 39.5 Å². The van der Waals surface area contributed by atoms with E-state index in [1.165, 1.54) is 238 Å². The Morgan fingerprint density at radius 2 is 0.469 bits per heavy atom. The van der Waals surface area contributed by atoms with Crippen molar-refractivity contribution in [1.82, 2.24) is 0 Å². The smallest absolute Gasteiger partial charge is 0.462 e. The number of aliphatic hydroxyl groups excluding tert-OH is 1. The molecule has 582 valence electrons. The number of carbonyl (C=O) groups is 4. The highest BCUT2D eigenvalue weighted by atomic mass is 31.2. The monoisotopic (exact) mass is 1440 g/mol. The van der Waals surface area contributed by atoms with E-state index in [2.05, 4.69) is 34.6 Å². The van der Waals surface area contributed by atoms with Crippen molar-refractivity contribution in [1.29, 1.82) is 0 Å². The predicted molar refractivity (Wildman–Crippen MR) is 400 cm³/mol. The van der Waals surface area contributed by atoms with Gasteiger partial charge in [0, 0.05) is 25.7 Å². The summed E-state index contributed by atoms with van der Waals surface area (Å²) in [7, 11) is -9.91. The molecule has 98 heavy (non-hydrogen) atoms. The Balaban J connectivity index is 5.19. The van der Waals surface area contributed by atoms with Gasteiger partial charge in [-0.3, -0.25) is 37.3 Å². The molecule has 0 heterocycles. The second-order valence-electron chi connectivity index (χ2n) is 28.9. The van der Waals surface area contributed by atoms with Crippen molar-refractivity contribution in [3.05, 3.63) is 0 Å². The second-order valence-corrected chi connectivity index (χ2v) is 31.8. The summed E-state index contributed by atoms with van der Waals surface area (Å²) in [6.07, 6.45) is 62.6. The SMILES string of the molecule is CCCCCCCCCCCCCCCCCCCCCCCCC(=O)O[C@H](COC(=O)CCCCCCCCCCCCCCCC)COP(=O)(O)OC[C@@H](O)COP(=O)(O)OC[C@@H](COC(=O)CCCCCCCCCC(C)C)OC(=O)CCCCCCCCCCCCCC. The van der Waals surface area contributed by atoms with Crippen LogP contribution in [-0.2, 0) is 65.4 Å². The summed E-state index contributed by atoms with van der Waals surface area (Å²) in [6.45, 7) is 7.25. The molecule has 5 atom stereocenters. The summed E-state index contributed by atoms with van der Waals surface area (Å²) < 4.78 is 68.6. The third kappa shape index (κ3) is 72.4. The molecule has 0 aromatic heterocycles. The van der Waals surface area contributed by atoms with Crippen LogP contribution in [0.5, 0.6) is 0 Å². The molecule has 2 unspecified atom stereocenters. The van der Waals surface area contributed by atoms with E-state index in [-0.39, 0.29) is 25.7 Å². The van der Waals surface area contributed by atoms with Gasteiger partial charge in [-0.05, 0) is 31.6 Å². The van der Waals surface area contributed by atoms with Crippen LogP contribution >= 0.6 is 15.6 Å². The van der Waals surface area contributed by atoms with Gasteiger partial charge in [-0.25, -0.2) is 9.13 Å². The molecule has 19 heteroatoms. The van der Waals surface area contributed by atoms with Crippen LogP contribution in [0.2, 0.25) is 0 Å². The Hall–Kier alpha value is -1.94. The number of aliphatic hydroxyl groups is 1. The van der Waals surface area contributed by atoms with Crippen LogP contribution in [0.4, 0.5) is 0 Å². The van der Waals surface area contributed by atoms with E-state index in [9.17, 15) is 43.2 Å². The molecule has 0 aromatic carbocycles. The van der Waals surface area contributed by atoms with Crippen molar-refractivity contribution in [2.45, 2.75) is 438 Å². The van der Waals surface area contributed by atoms with Crippen molar-refractivity contribution in [2.75, 3.05) is 39.6 Å². The number of unbranched alkanes of at least 4 members (excludes halogenated alkanes) is 51. The summed E-state index contributed by atoms with van der Waals surface area (Å²) in [4.78, 5) is 72.9. The van der Waals surface area contributed by atoms with Gasteiger partial charge < -0.3 is 33.8 Å². The summed E-state index contributed by atoms with van der Waals surface area (Å²) in [5, 5.41) is 10.6. The topological polar surface area (TPSA) is 237 Å². The van der Waals surface area contributed by atoms with E-state index < -0.39 is 97.5 Å². The predicted octanol–water partition coefficient (Wildman–Crippen LogP) is 23.6.